The average molecular weight is 551 g/mol. The number of hydrazone groups is 1. The Kier molecular flexibility index (Phi) is 7.65. The molecule has 0 fully saturated rings. The van der Waals surface area contributed by atoms with Gasteiger partial charge in [0.25, 0.3) is 0 Å². The number of aliphatic imine (C=N–C) groups is 1. The number of rotatable bonds is 3. The number of hydrogen-bond donors (Lipinski definition) is 2. The van der Waals surface area contributed by atoms with E-state index in [0.29, 0.717) is 11.1 Å². The molecular formula is C29H38N6OS2. The normalized spacial score (nSPS) is 17.1. The van der Waals surface area contributed by atoms with Crippen molar-refractivity contribution in [2.75, 3.05) is 5.32 Å². The number of anilines is 1. The number of nitrogens with one attached hydrogen (secondary N) is 1. The van der Waals surface area contributed by atoms with Crippen LogP contribution in [0.5, 0.6) is 5.75 Å². The Morgan fingerprint density at radius 1 is 0.868 bits per heavy atom. The third kappa shape index (κ3) is 6.38. The van der Waals surface area contributed by atoms with Crippen molar-refractivity contribution in [1.82, 2.24) is 15.2 Å². The van der Waals surface area contributed by atoms with Gasteiger partial charge in [-0.3, -0.25) is 0 Å². The van der Waals surface area contributed by atoms with E-state index < -0.39 is 0 Å². The topological polar surface area (TPSA) is 86.0 Å². The van der Waals surface area contributed by atoms with E-state index in [9.17, 15) is 5.11 Å². The summed E-state index contributed by atoms with van der Waals surface area (Å²) in [6.45, 7) is 19.4. The number of benzene rings is 2. The lowest BCUT2D eigenvalue weighted by molar-refractivity contribution is 0.408. The molecule has 0 bridgehead atoms. The highest BCUT2D eigenvalue weighted by Crippen LogP contribution is 2.47. The van der Waals surface area contributed by atoms with Crippen molar-refractivity contribution >= 4 is 44.9 Å². The Morgan fingerprint density at radius 3 is 2.08 bits per heavy atom. The Morgan fingerprint density at radius 2 is 1.53 bits per heavy atom. The van der Waals surface area contributed by atoms with E-state index in [1.54, 1.807) is 17.8 Å². The number of phenolic OH excluding ortho intramolecular Hbond substituents is 1. The standard InChI is InChI=1S/C29H38N6OS2/c1-27(2,3)18-14-16-19(17-15-18)30-25(31-26-33-32-23(38-26)28(4,5)6)35-22(20-12-10-11-13-21(20)36)37-24(34-35)29(7,8)9/h10-17,22,36H,1-9H3,(H,30,31,33). The summed E-state index contributed by atoms with van der Waals surface area (Å²) in [6, 6.07) is 15.8. The molecule has 1 aliphatic rings. The predicted octanol–water partition coefficient (Wildman–Crippen LogP) is 8.05. The second-order valence-electron chi connectivity index (χ2n) is 12.6. The first kappa shape index (κ1) is 28.1. The monoisotopic (exact) mass is 550 g/mol. The molecule has 0 radical (unpaired) electrons. The minimum atomic E-state index is -0.305. The Bertz CT molecular complexity index is 1340. The number of para-hydroxylation sites is 1. The molecule has 1 aromatic heterocycles. The Hall–Kier alpha value is -2.91. The fraction of sp³-hybridized carbons (Fsp3) is 0.448. The molecule has 3 aromatic rings. The van der Waals surface area contributed by atoms with Crippen molar-refractivity contribution in [3.63, 3.8) is 0 Å². The third-order valence-electron chi connectivity index (χ3n) is 5.97. The minimum Gasteiger partial charge on any atom is -0.508 e. The van der Waals surface area contributed by atoms with Gasteiger partial charge >= 0.3 is 0 Å². The van der Waals surface area contributed by atoms with Gasteiger partial charge in [-0.2, -0.15) is 10.1 Å². The van der Waals surface area contributed by atoms with Crippen molar-refractivity contribution in [2.45, 2.75) is 78.5 Å². The SMILES string of the molecule is CC(C)(C)C1=NN(/C(=N\c2nnc(C(C)(C)C)s2)Nc2ccc(C(C)(C)C)cc2)C(c2ccccc2O)S1. The van der Waals surface area contributed by atoms with Gasteiger partial charge in [0.15, 0.2) is 0 Å². The summed E-state index contributed by atoms with van der Waals surface area (Å²) >= 11 is 3.09. The molecule has 0 amide bonds. The number of phenols is 1. The van der Waals surface area contributed by atoms with Crippen LogP contribution in [0.2, 0.25) is 0 Å². The fourth-order valence-corrected chi connectivity index (χ4v) is 5.73. The van der Waals surface area contributed by atoms with Gasteiger partial charge in [-0.1, -0.05) is 116 Å². The quantitative estimate of drug-likeness (QED) is 0.253. The lowest BCUT2D eigenvalue weighted by Crippen LogP contribution is -2.32. The number of aromatic hydroxyl groups is 1. The zero-order valence-electron chi connectivity index (χ0n) is 23.7. The molecule has 1 atom stereocenters. The van der Waals surface area contributed by atoms with Crippen molar-refractivity contribution in [3.8, 4) is 5.75 Å². The van der Waals surface area contributed by atoms with Crippen LogP contribution in [0.4, 0.5) is 10.8 Å². The van der Waals surface area contributed by atoms with Gasteiger partial charge in [-0.05, 0) is 29.2 Å². The van der Waals surface area contributed by atoms with E-state index in [0.717, 1.165) is 21.3 Å². The van der Waals surface area contributed by atoms with E-state index in [4.69, 9.17) is 10.1 Å². The number of nitrogens with zero attached hydrogens (tertiary/aromatic N) is 5. The molecule has 1 aliphatic heterocycles. The van der Waals surface area contributed by atoms with Crippen LogP contribution in [0.25, 0.3) is 0 Å². The van der Waals surface area contributed by atoms with Crippen molar-refractivity contribution in [2.24, 2.45) is 15.5 Å². The van der Waals surface area contributed by atoms with Gasteiger partial charge in [0.2, 0.25) is 11.1 Å². The van der Waals surface area contributed by atoms with Crippen LogP contribution in [0, 0.1) is 5.41 Å². The van der Waals surface area contributed by atoms with Gasteiger partial charge < -0.3 is 10.4 Å². The molecule has 2 heterocycles. The fourth-order valence-electron chi connectivity index (χ4n) is 3.68. The molecule has 0 saturated carbocycles. The number of hydrogen-bond acceptors (Lipinski definition) is 7. The highest BCUT2D eigenvalue weighted by Gasteiger charge is 2.38. The van der Waals surface area contributed by atoms with Crippen LogP contribution in [0.15, 0.2) is 58.6 Å². The summed E-state index contributed by atoms with van der Waals surface area (Å²) in [5, 5.41) is 32.0. The third-order valence-corrected chi connectivity index (χ3v) is 8.81. The molecule has 0 aliphatic carbocycles. The first-order chi connectivity index (χ1) is 17.6. The predicted molar refractivity (Wildman–Crippen MR) is 162 cm³/mol. The summed E-state index contributed by atoms with van der Waals surface area (Å²) in [4.78, 5) is 4.94. The zero-order chi connectivity index (χ0) is 27.9. The summed E-state index contributed by atoms with van der Waals surface area (Å²) in [5.41, 5.74) is 2.66. The van der Waals surface area contributed by atoms with Crippen LogP contribution in [0.3, 0.4) is 0 Å². The van der Waals surface area contributed by atoms with Gasteiger partial charge in [-0.15, -0.1) is 10.2 Å². The van der Waals surface area contributed by atoms with Gasteiger partial charge in [0.1, 0.15) is 21.2 Å². The van der Waals surface area contributed by atoms with E-state index in [-0.39, 0.29) is 27.4 Å². The Balaban J connectivity index is 1.81. The van der Waals surface area contributed by atoms with Gasteiger partial charge in [0.05, 0.1) is 0 Å². The molecule has 0 spiro atoms. The van der Waals surface area contributed by atoms with Crippen molar-refractivity contribution in [3.05, 3.63) is 64.7 Å². The number of aromatic nitrogens is 2. The van der Waals surface area contributed by atoms with Crippen LogP contribution in [-0.4, -0.2) is 31.3 Å². The highest BCUT2D eigenvalue weighted by atomic mass is 32.2. The molecule has 1 unspecified atom stereocenters. The largest absolute Gasteiger partial charge is 0.508 e. The minimum absolute atomic E-state index is 0.0544. The average Bonchev–Trinajstić information content (AvgIpc) is 3.46. The summed E-state index contributed by atoms with van der Waals surface area (Å²) in [5.74, 6) is 0.741. The number of guanidine groups is 1. The summed E-state index contributed by atoms with van der Waals surface area (Å²) in [7, 11) is 0. The van der Waals surface area contributed by atoms with E-state index in [1.165, 1.54) is 16.9 Å². The Labute approximate surface area is 234 Å². The molecule has 7 nitrogen and oxygen atoms in total. The first-order valence-electron chi connectivity index (χ1n) is 12.8. The van der Waals surface area contributed by atoms with Crippen LogP contribution in [-0.2, 0) is 10.8 Å². The molecule has 2 aromatic carbocycles. The zero-order valence-corrected chi connectivity index (χ0v) is 25.3. The van der Waals surface area contributed by atoms with Crippen LogP contribution in [0.1, 0.15) is 83.8 Å². The maximum atomic E-state index is 10.8. The van der Waals surface area contributed by atoms with E-state index >= 15 is 0 Å². The summed E-state index contributed by atoms with van der Waals surface area (Å²) < 4.78 is 0. The molecule has 202 valence electrons. The molecular weight excluding hydrogens is 512 g/mol. The maximum absolute atomic E-state index is 10.8. The lowest BCUT2D eigenvalue weighted by Gasteiger charge is -2.25. The molecule has 9 heteroatoms. The van der Waals surface area contributed by atoms with E-state index in [2.05, 4.69) is 102 Å². The second-order valence-corrected chi connectivity index (χ2v) is 14.6. The summed E-state index contributed by atoms with van der Waals surface area (Å²) in [6.07, 6.45) is 0. The second kappa shape index (κ2) is 10.3. The number of thioether (sulfide) groups is 1. The van der Waals surface area contributed by atoms with Crippen molar-refractivity contribution in [1.29, 1.82) is 0 Å². The van der Waals surface area contributed by atoms with Gasteiger partial charge in [0, 0.05) is 22.1 Å². The smallest absolute Gasteiger partial charge is 0.234 e. The van der Waals surface area contributed by atoms with Crippen LogP contribution >= 0.6 is 23.1 Å². The molecule has 38 heavy (non-hydrogen) atoms. The molecule has 0 saturated heterocycles. The van der Waals surface area contributed by atoms with Crippen molar-refractivity contribution < 1.29 is 5.11 Å². The molecule has 4 rings (SSSR count). The van der Waals surface area contributed by atoms with Crippen LogP contribution < -0.4 is 5.32 Å². The first-order valence-corrected chi connectivity index (χ1v) is 14.5. The maximum Gasteiger partial charge on any atom is 0.234 e. The lowest BCUT2D eigenvalue weighted by atomic mass is 9.87. The molecule has 2 N–H and O–H groups in total. The van der Waals surface area contributed by atoms with Gasteiger partial charge in [-0.25, -0.2) is 5.01 Å². The highest BCUT2D eigenvalue weighted by molar-refractivity contribution is 8.14. The van der Waals surface area contributed by atoms with E-state index in [1.807, 2.05) is 23.2 Å².